The van der Waals surface area contributed by atoms with Crippen LogP contribution in [0.3, 0.4) is 0 Å². The van der Waals surface area contributed by atoms with E-state index in [1.807, 2.05) is 28.7 Å². The van der Waals surface area contributed by atoms with Gasteiger partial charge in [0.25, 0.3) is 0 Å². The summed E-state index contributed by atoms with van der Waals surface area (Å²) in [5, 5.41) is 7.31. The Labute approximate surface area is 107 Å². The van der Waals surface area contributed by atoms with Gasteiger partial charge in [-0.05, 0) is 31.2 Å². The molecule has 1 aliphatic rings. The van der Waals surface area contributed by atoms with Crippen molar-refractivity contribution in [3.63, 3.8) is 0 Å². The number of carbonyl (C=O) groups is 1. The molecule has 1 unspecified atom stereocenters. The Hall–Kier alpha value is -1.03. The standard InChI is InChI=1S/C13H20N2OS/c1-11(14-12-6-9-17-10-12)13(16)15-7-4-2-3-5-8-15/h6,9-11,14H,2-5,7-8H2,1H3. The van der Waals surface area contributed by atoms with Gasteiger partial charge in [0, 0.05) is 24.2 Å². The average Bonchev–Trinajstić information content (AvgIpc) is 2.68. The number of anilines is 1. The Morgan fingerprint density at radius 2 is 2.06 bits per heavy atom. The van der Waals surface area contributed by atoms with Crippen LogP contribution < -0.4 is 5.32 Å². The smallest absolute Gasteiger partial charge is 0.244 e. The molecule has 0 aliphatic carbocycles. The molecule has 1 aromatic heterocycles. The van der Waals surface area contributed by atoms with Gasteiger partial charge in [0.1, 0.15) is 6.04 Å². The minimum atomic E-state index is -0.123. The lowest BCUT2D eigenvalue weighted by molar-refractivity contribution is -0.131. The third kappa shape index (κ3) is 3.46. The van der Waals surface area contributed by atoms with E-state index in [1.54, 1.807) is 11.3 Å². The van der Waals surface area contributed by atoms with Gasteiger partial charge in [0.05, 0.1) is 0 Å². The second-order valence-electron chi connectivity index (χ2n) is 4.62. The van der Waals surface area contributed by atoms with Gasteiger partial charge in [-0.3, -0.25) is 4.79 Å². The highest BCUT2D eigenvalue weighted by Gasteiger charge is 2.21. The summed E-state index contributed by atoms with van der Waals surface area (Å²) in [6.45, 7) is 3.80. The van der Waals surface area contributed by atoms with Crippen molar-refractivity contribution >= 4 is 22.9 Å². The van der Waals surface area contributed by atoms with Crippen LogP contribution in [-0.2, 0) is 4.79 Å². The molecule has 1 aliphatic heterocycles. The summed E-state index contributed by atoms with van der Waals surface area (Å²) in [5.41, 5.74) is 1.05. The molecular formula is C13H20N2OS. The highest BCUT2D eigenvalue weighted by Crippen LogP contribution is 2.15. The minimum absolute atomic E-state index is 0.123. The molecule has 2 rings (SSSR count). The van der Waals surface area contributed by atoms with Gasteiger partial charge in [0.2, 0.25) is 5.91 Å². The number of hydrogen-bond acceptors (Lipinski definition) is 3. The first-order valence-corrected chi connectivity index (χ1v) is 7.29. The summed E-state index contributed by atoms with van der Waals surface area (Å²) in [6, 6.07) is 1.89. The molecule has 0 saturated carbocycles. The first-order valence-electron chi connectivity index (χ1n) is 6.35. The lowest BCUT2D eigenvalue weighted by Gasteiger charge is -2.24. The van der Waals surface area contributed by atoms with Crippen LogP contribution in [0.5, 0.6) is 0 Å². The van der Waals surface area contributed by atoms with Crippen LogP contribution in [0.15, 0.2) is 16.8 Å². The molecule has 1 atom stereocenters. The predicted molar refractivity (Wildman–Crippen MR) is 72.5 cm³/mol. The van der Waals surface area contributed by atoms with E-state index in [4.69, 9.17) is 0 Å². The third-order valence-electron chi connectivity index (χ3n) is 3.19. The third-order valence-corrected chi connectivity index (χ3v) is 3.88. The number of likely N-dealkylation sites (tertiary alicyclic amines) is 1. The molecule has 1 fully saturated rings. The Kier molecular flexibility index (Phi) is 4.42. The van der Waals surface area contributed by atoms with Gasteiger partial charge in [-0.2, -0.15) is 11.3 Å². The molecule has 1 saturated heterocycles. The molecule has 0 bridgehead atoms. The first-order chi connectivity index (χ1) is 8.27. The molecule has 1 N–H and O–H groups in total. The molecule has 0 radical (unpaired) electrons. The number of rotatable bonds is 3. The van der Waals surface area contributed by atoms with Crippen molar-refractivity contribution in [1.82, 2.24) is 4.90 Å². The monoisotopic (exact) mass is 252 g/mol. The van der Waals surface area contributed by atoms with Crippen LogP contribution in [0.25, 0.3) is 0 Å². The fourth-order valence-electron chi connectivity index (χ4n) is 2.22. The summed E-state index contributed by atoms with van der Waals surface area (Å²) in [7, 11) is 0. The summed E-state index contributed by atoms with van der Waals surface area (Å²) >= 11 is 1.64. The fourth-order valence-corrected chi connectivity index (χ4v) is 2.82. The SMILES string of the molecule is CC(Nc1ccsc1)C(=O)N1CCCCCC1. The second-order valence-corrected chi connectivity index (χ2v) is 5.40. The average molecular weight is 252 g/mol. The molecule has 17 heavy (non-hydrogen) atoms. The van der Waals surface area contributed by atoms with E-state index in [1.165, 1.54) is 12.8 Å². The Morgan fingerprint density at radius 3 is 2.65 bits per heavy atom. The zero-order valence-electron chi connectivity index (χ0n) is 10.3. The maximum Gasteiger partial charge on any atom is 0.244 e. The highest BCUT2D eigenvalue weighted by molar-refractivity contribution is 7.08. The molecule has 4 heteroatoms. The zero-order valence-corrected chi connectivity index (χ0v) is 11.1. The molecule has 3 nitrogen and oxygen atoms in total. The number of nitrogens with one attached hydrogen (secondary N) is 1. The molecule has 1 amide bonds. The predicted octanol–water partition coefficient (Wildman–Crippen LogP) is 2.95. The summed E-state index contributed by atoms with van der Waals surface area (Å²) in [5.74, 6) is 0.234. The van der Waals surface area contributed by atoms with Gasteiger partial charge in [-0.25, -0.2) is 0 Å². The van der Waals surface area contributed by atoms with Crippen molar-refractivity contribution < 1.29 is 4.79 Å². The highest BCUT2D eigenvalue weighted by atomic mass is 32.1. The number of carbonyl (C=O) groups excluding carboxylic acids is 1. The van der Waals surface area contributed by atoms with Gasteiger partial charge >= 0.3 is 0 Å². The first kappa shape index (κ1) is 12.4. The van der Waals surface area contributed by atoms with Crippen molar-refractivity contribution in [2.24, 2.45) is 0 Å². The van der Waals surface area contributed by atoms with Crippen LogP contribution in [0.4, 0.5) is 5.69 Å². The molecule has 0 aromatic carbocycles. The fraction of sp³-hybridized carbons (Fsp3) is 0.615. The lowest BCUT2D eigenvalue weighted by Crippen LogP contribution is -2.41. The molecule has 1 aromatic rings. The Morgan fingerprint density at radius 1 is 1.35 bits per heavy atom. The van der Waals surface area contributed by atoms with Crippen LogP contribution in [-0.4, -0.2) is 29.9 Å². The van der Waals surface area contributed by atoms with E-state index in [2.05, 4.69) is 5.32 Å². The largest absolute Gasteiger partial charge is 0.373 e. The maximum absolute atomic E-state index is 12.2. The Balaban J connectivity index is 1.89. The minimum Gasteiger partial charge on any atom is -0.373 e. The molecule has 2 heterocycles. The van der Waals surface area contributed by atoms with Gasteiger partial charge in [-0.1, -0.05) is 12.8 Å². The number of amides is 1. The maximum atomic E-state index is 12.2. The van der Waals surface area contributed by atoms with E-state index in [0.29, 0.717) is 0 Å². The van der Waals surface area contributed by atoms with Gasteiger partial charge in [-0.15, -0.1) is 0 Å². The van der Waals surface area contributed by atoms with Crippen LogP contribution >= 0.6 is 11.3 Å². The van der Waals surface area contributed by atoms with Crippen molar-refractivity contribution in [2.45, 2.75) is 38.6 Å². The number of nitrogens with zero attached hydrogens (tertiary/aromatic N) is 1. The van der Waals surface area contributed by atoms with Crippen LogP contribution in [0, 0.1) is 0 Å². The quantitative estimate of drug-likeness (QED) is 0.897. The van der Waals surface area contributed by atoms with Gasteiger partial charge in [0.15, 0.2) is 0 Å². The molecule has 0 spiro atoms. The number of thiophene rings is 1. The Bertz CT molecular complexity index is 342. The van der Waals surface area contributed by atoms with Gasteiger partial charge < -0.3 is 10.2 Å². The van der Waals surface area contributed by atoms with Crippen LogP contribution in [0.2, 0.25) is 0 Å². The van der Waals surface area contributed by atoms with E-state index in [9.17, 15) is 4.79 Å². The van der Waals surface area contributed by atoms with E-state index < -0.39 is 0 Å². The van der Waals surface area contributed by atoms with E-state index in [0.717, 1.165) is 31.6 Å². The lowest BCUT2D eigenvalue weighted by atomic mass is 10.2. The van der Waals surface area contributed by atoms with Crippen molar-refractivity contribution in [2.75, 3.05) is 18.4 Å². The molecule has 94 valence electrons. The van der Waals surface area contributed by atoms with Crippen molar-refractivity contribution in [3.8, 4) is 0 Å². The van der Waals surface area contributed by atoms with Crippen molar-refractivity contribution in [1.29, 1.82) is 0 Å². The molecular weight excluding hydrogens is 232 g/mol. The zero-order chi connectivity index (χ0) is 12.1. The van der Waals surface area contributed by atoms with Crippen LogP contribution in [0.1, 0.15) is 32.6 Å². The van der Waals surface area contributed by atoms with Crippen molar-refractivity contribution in [3.05, 3.63) is 16.8 Å². The van der Waals surface area contributed by atoms with E-state index in [-0.39, 0.29) is 11.9 Å². The second kappa shape index (κ2) is 6.05. The summed E-state index contributed by atoms with van der Waals surface area (Å²) in [4.78, 5) is 14.3. The van der Waals surface area contributed by atoms with E-state index >= 15 is 0 Å². The summed E-state index contributed by atoms with van der Waals surface area (Å²) < 4.78 is 0. The normalized spacial score (nSPS) is 18.5. The number of hydrogen-bond donors (Lipinski definition) is 1. The topological polar surface area (TPSA) is 32.3 Å². The summed E-state index contributed by atoms with van der Waals surface area (Å²) in [6.07, 6.45) is 4.82.